The summed E-state index contributed by atoms with van der Waals surface area (Å²) in [5.41, 5.74) is 3.97. The molecule has 0 unspecified atom stereocenters. The highest BCUT2D eigenvalue weighted by atomic mass is 127. The number of benzene rings is 4. The van der Waals surface area contributed by atoms with Crippen LogP contribution in [-0.4, -0.2) is 59.4 Å². The van der Waals surface area contributed by atoms with Gasteiger partial charge in [-0.1, -0.05) is 74.9 Å². The Kier molecular flexibility index (Phi) is 17.0. The number of amides is 4. The van der Waals surface area contributed by atoms with Gasteiger partial charge in [0.2, 0.25) is 11.6 Å². The molecule has 2 aliphatic carbocycles. The molecule has 2 fully saturated rings. The zero-order chi connectivity index (χ0) is 46.9. The summed E-state index contributed by atoms with van der Waals surface area (Å²) in [6, 6.07) is 34.7. The van der Waals surface area contributed by atoms with Crippen LogP contribution in [0.25, 0.3) is 11.1 Å². The molecule has 2 saturated carbocycles. The van der Waals surface area contributed by atoms with Crippen molar-refractivity contribution in [2.24, 2.45) is 0 Å². The molecule has 4 aromatic carbocycles. The predicted octanol–water partition coefficient (Wildman–Crippen LogP) is 7.71. The molecule has 0 bridgehead atoms. The van der Waals surface area contributed by atoms with Crippen molar-refractivity contribution in [2.45, 2.75) is 75.3 Å². The monoisotopic (exact) mass is 998 g/mol. The molecule has 2 aliphatic rings. The summed E-state index contributed by atoms with van der Waals surface area (Å²) in [5, 5.41) is 65.6. The number of anilines is 2. The highest BCUT2D eigenvalue weighted by Gasteiger charge is 2.38. The zero-order valence-corrected chi connectivity index (χ0v) is 38.0. The van der Waals surface area contributed by atoms with Crippen molar-refractivity contribution in [3.8, 4) is 34.8 Å². The van der Waals surface area contributed by atoms with Crippen molar-refractivity contribution in [2.75, 3.05) is 10.6 Å². The molecular weight excluding hydrogens is 950 g/mol. The molecule has 8 N–H and O–H groups in total. The smallest absolute Gasteiger partial charge is 0.488 e. The van der Waals surface area contributed by atoms with E-state index in [0.717, 1.165) is 84.6 Å². The van der Waals surface area contributed by atoms with Gasteiger partial charge in [-0.3, -0.25) is 0 Å². The van der Waals surface area contributed by atoms with Gasteiger partial charge in [0.05, 0.1) is 22.5 Å². The van der Waals surface area contributed by atoms with E-state index in [-0.39, 0.29) is 35.2 Å². The van der Waals surface area contributed by atoms with Gasteiger partial charge in [0.25, 0.3) is 0 Å². The molecule has 0 radical (unpaired) electrons. The van der Waals surface area contributed by atoms with Gasteiger partial charge in [-0.25, -0.2) is 29.5 Å². The Hall–Kier alpha value is -7.13. The molecule has 0 atom stereocenters. The van der Waals surface area contributed by atoms with Gasteiger partial charge < -0.3 is 41.5 Å². The Morgan fingerprint density at radius 1 is 0.561 bits per heavy atom. The fourth-order valence-corrected chi connectivity index (χ4v) is 8.26. The molecule has 336 valence electrons. The maximum atomic E-state index is 12.8. The Bertz CT molecular complexity index is 2630. The summed E-state index contributed by atoms with van der Waals surface area (Å²) in [4.78, 5) is 42.0. The molecule has 16 nitrogen and oxygen atoms in total. The standard InChI is InChI=1S/C24H23N5O2.C18H18IN5O.C6H7BO3/c25-16-22-26-15-12-21(28-22)24(13-2-1-3-14-24)29-23(31)27-19-8-4-17(5-9-19)18-6-10-20(30)11-7-18;19-13-4-6-14(7-5-13)22-17(25)24-18(9-2-1-3-10-18)15-8-11-21-16(12-20)23-15;8-6-3-1-5(2-4-6)7(9)10/h4-12,15,30H,1-3,13-14H2,(H2,27,29,31);4-8,11H,1-3,9-10H2,(H2,22,24,25);1-4,8-10H. The van der Waals surface area contributed by atoms with Gasteiger partial charge in [-0.15, -0.1) is 0 Å². The van der Waals surface area contributed by atoms with Crippen LogP contribution in [0.4, 0.5) is 21.0 Å². The summed E-state index contributed by atoms with van der Waals surface area (Å²) in [5.74, 6) is 0.571. The quantitative estimate of drug-likeness (QED) is 0.0539. The maximum absolute atomic E-state index is 12.8. The Morgan fingerprint density at radius 3 is 1.33 bits per heavy atom. The lowest BCUT2D eigenvalue weighted by molar-refractivity contribution is 0.208. The van der Waals surface area contributed by atoms with Crippen LogP contribution >= 0.6 is 22.6 Å². The third-order valence-corrected chi connectivity index (χ3v) is 12.0. The molecule has 0 aliphatic heterocycles. The molecule has 0 saturated heterocycles. The predicted molar refractivity (Wildman–Crippen MR) is 258 cm³/mol. The van der Waals surface area contributed by atoms with Crippen LogP contribution in [0, 0.1) is 26.2 Å². The SMILES string of the molecule is N#Cc1nccc(C2(NC(=O)Nc3ccc(-c4ccc(O)cc4)cc3)CCCCC2)n1.N#Cc1nccc(C2(NC(=O)Nc3ccc(I)cc3)CCCCC2)n1.OB(O)c1ccc(O)cc1. The first kappa shape index (κ1) is 48.3. The molecule has 18 heteroatoms. The van der Waals surface area contributed by atoms with E-state index in [1.807, 2.05) is 72.8 Å². The van der Waals surface area contributed by atoms with Crippen LogP contribution in [0.3, 0.4) is 0 Å². The molecule has 2 heterocycles. The number of hydrogen-bond acceptors (Lipinski definition) is 12. The molecule has 6 aromatic rings. The van der Waals surface area contributed by atoms with Crippen molar-refractivity contribution in [1.29, 1.82) is 10.5 Å². The second-order valence-corrected chi connectivity index (χ2v) is 17.0. The van der Waals surface area contributed by atoms with Gasteiger partial charge in [0.15, 0.2) is 0 Å². The van der Waals surface area contributed by atoms with Crippen molar-refractivity contribution in [1.82, 2.24) is 30.6 Å². The maximum Gasteiger partial charge on any atom is 0.488 e. The summed E-state index contributed by atoms with van der Waals surface area (Å²) in [7, 11) is -1.46. The third-order valence-electron chi connectivity index (χ3n) is 11.2. The number of halogens is 1. The number of nitrogens with zero attached hydrogens (tertiary/aromatic N) is 6. The number of aromatic hydroxyl groups is 2. The summed E-state index contributed by atoms with van der Waals surface area (Å²) < 4.78 is 1.11. The minimum atomic E-state index is -1.46. The molecule has 8 rings (SSSR count). The number of aromatic nitrogens is 4. The van der Waals surface area contributed by atoms with Crippen LogP contribution in [-0.2, 0) is 11.1 Å². The molecular formula is C48H48BIN10O6. The van der Waals surface area contributed by atoms with Crippen LogP contribution in [0.5, 0.6) is 11.5 Å². The largest absolute Gasteiger partial charge is 0.508 e. The van der Waals surface area contributed by atoms with Gasteiger partial charge in [0, 0.05) is 27.3 Å². The number of hydrogen-bond donors (Lipinski definition) is 8. The Labute approximate surface area is 396 Å². The fraction of sp³-hybridized carbons (Fsp3) is 0.250. The Balaban J connectivity index is 0.000000183. The van der Waals surface area contributed by atoms with E-state index in [4.69, 9.17) is 25.7 Å². The minimum Gasteiger partial charge on any atom is -0.508 e. The lowest BCUT2D eigenvalue weighted by atomic mass is 9.79. The van der Waals surface area contributed by atoms with Crippen LogP contribution < -0.4 is 26.7 Å². The average Bonchev–Trinajstić information content (AvgIpc) is 3.34. The van der Waals surface area contributed by atoms with E-state index in [1.54, 1.807) is 36.7 Å². The van der Waals surface area contributed by atoms with Gasteiger partial charge >= 0.3 is 19.2 Å². The normalized spacial score (nSPS) is 14.4. The number of carbonyl (C=O) groups excluding carboxylic acids is 2. The zero-order valence-electron chi connectivity index (χ0n) is 35.9. The first-order chi connectivity index (χ1) is 31.9. The second kappa shape index (κ2) is 23.2. The minimum absolute atomic E-state index is 0.106. The van der Waals surface area contributed by atoms with Gasteiger partial charge in [0.1, 0.15) is 23.6 Å². The van der Waals surface area contributed by atoms with Crippen molar-refractivity contribution < 1.29 is 29.9 Å². The summed E-state index contributed by atoms with van der Waals surface area (Å²) >= 11 is 2.22. The first-order valence-electron chi connectivity index (χ1n) is 21.3. The lowest BCUT2D eigenvalue weighted by Crippen LogP contribution is -2.49. The van der Waals surface area contributed by atoms with E-state index in [2.05, 4.69) is 63.8 Å². The summed E-state index contributed by atoms with van der Waals surface area (Å²) in [6.45, 7) is 0. The highest BCUT2D eigenvalue weighted by Crippen LogP contribution is 2.37. The number of phenols is 2. The third kappa shape index (κ3) is 13.5. The number of carbonyl (C=O) groups is 2. The van der Waals surface area contributed by atoms with Crippen molar-refractivity contribution in [3.63, 3.8) is 0 Å². The van der Waals surface area contributed by atoms with Gasteiger partial charge in [-0.2, -0.15) is 10.5 Å². The van der Waals surface area contributed by atoms with E-state index in [9.17, 15) is 14.7 Å². The number of nitriles is 2. The van der Waals surface area contributed by atoms with Crippen molar-refractivity contribution in [3.05, 3.63) is 148 Å². The van der Waals surface area contributed by atoms with Crippen LogP contribution in [0.2, 0.25) is 0 Å². The number of urea groups is 2. The summed E-state index contributed by atoms with van der Waals surface area (Å²) in [6.07, 6.45) is 12.5. The van der Waals surface area contributed by atoms with Gasteiger partial charge in [-0.05, 0) is 138 Å². The first-order valence-corrected chi connectivity index (χ1v) is 22.4. The second-order valence-electron chi connectivity index (χ2n) is 15.8. The molecule has 4 amide bonds. The number of nitrogens with one attached hydrogen (secondary N) is 4. The highest BCUT2D eigenvalue weighted by molar-refractivity contribution is 14.1. The lowest BCUT2D eigenvalue weighted by Gasteiger charge is -2.37. The van der Waals surface area contributed by atoms with Crippen molar-refractivity contribution >= 4 is 58.6 Å². The van der Waals surface area contributed by atoms with E-state index in [0.29, 0.717) is 22.5 Å². The fourth-order valence-electron chi connectivity index (χ4n) is 7.90. The van der Waals surface area contributed by atoms with E-state index >= 15 is 0 Å². The van der Waals surface area contributed by atoms with Crippen LogP contribution in [0.15, 0.2) is 122 Å². The molecule has 0 spiro atoms. The molecule has 66 heavy (non-hydrogen) atoms. The van der Waals surface area contributed by atoms with Crippen LogP contribution in [0.1, 0.15) is 87.2 Å². The Morgan fingerprint density at radius 2 is 0.939 bits per heavy atom. The topological polar surface area (TPSA) is 262 Å². The average molecular weight is 999 g/mol. The van der Waals surface area contributed by atoms with E-state index < -0.39 is 18.2 Å². The number of phenolic OH excluding ortho intramolecular Hbond substituents is 2. The van der Waals surface area contributed by atoms with E-state index in [1.165, 1.54) is 24.3 Å². The molecule has 2 aromatic heterocycles. The number of rotatable bonds is 8.